The van der Waals surface area contributed by atoms with E-state index in [9.17, 15) is 17.6 Å². The van der Waals surface area contributed by atoms with Crippen molar-refractivity contribution >= 4 is 39.1 Å². The summed E-state index contributed by atoms with van der Waals surface area (Å²) >= 11 is 5.70. The van der Waals surface area contributed by atoms with Crippen LogP contribution in [0.2, 0.25) is 5.02 Å². The molecule has 1 aromatic rings. The van der Waals surface area contributed by atoms with Crippen molar-refractivity contribution in [1.29, 1.82) is 0 Å². The van der Waals surface area contributed by atoms with Crippen molar-refractivity contribution in [3.63, 3.8) is 0 Å². The van der Waals surface area contributed by atoms with Crippen LogP contribution in [-0.4, -0.2) is 31.4 Å². The number of benzene rings is 1. The van der Waals surface area contributed by atoms with Gasteiger partial charge in [-0.25, -0.2) is 8.70 Å². The minimum absolute atomic E-state index is 0. The molecule has 1 fully saturated rings. The van der Waals surface area contributed by atoms with Gasteiger partial charge in [0.1, 0.15) is 11.5 Å². The predicted molar refractivity (Wildman–Crippen MR) is 101 cm³/mol. The molecule has 1 aromatic carbocycles. The number of carbonyl (C=O) groups is 1. The Labute approximate surface area is 157 Å². The molecule has 1 aliphatic carbocycles. The normalized spacial score (nSPS) is 19.4. The molecule has 0 atom stereocenters. The number of nitrogens with zero attached hydrogens (tertiary/aromatic N) is 2. The van der Waals surface area contributed by atoms with Crippen molar-refractivity contribution in [2.45, 2.75) is 33.1 Å². The monoisotopic (exact) mass is 401 g/mol. The molecule has 26 heavy (non-hydrogen) atoms. The first-order chi connectivity index (χ1) is 11.8. The van der Waals surface area contributed by atoms with Crippen LogP contribution in [0.4, 0.5) is 10.1 Å². The van der Waals surface area contributed by atoms with Gasteiger partial charge in [0.2, 0.25) is 0 Å². The zero-order valence-electron chi connectivity index (χ0n) is 13.5. The van der Waals surface area contributed by atoms with E-state index >= 15 is 0 Å². The largest absolute Gasteiger partial charge is 0.344 e. The standard InChI is InChI=1S/C16H17ClFN3O3S.CH4/c1-21-15(16(22)19-11-6-7-13(18)12(17)8-11)9-14(20-25(21,23)24)10-4-2-3-5-10;/h6-10H,2-5H2,1H3,(H,19,22);1H4. The summed E-state index contributed by atoms with van der Waals surface area (Å²) in [5.74, 6) is -1.18. The van der Waals surface area contributed by atoms with Crippen molar-refractivity contribution in [2.75, 3.05) is 12.4 Å². The number of allylic oxidation sites excluding steroid dienone is 1. The third-order valence-corrected chi connectivity index (χ3v) is 5.99. The van der Waals surface area contributed by atoms with E-state index in [1.54, 1.807) is 0 Å². The SMILES string of the molecule is C.CN1C(C(=O)Nc2ccc(F)c(Cl)c2)=CC(C2CCCC2)=NS1(=O)=O. The van der Waals surface area contributed by atoms with Crippen LogP contribution in [0, 0.1) is 11.7 Å². The zero-order chi connectivity index (χ0) is 18.2. The van der Waals surface area contributed by atoms with Crippen molar-refractivity contribution < 1.29 is 17.6 Å². The molecule has 1 heterocycles. The number of anilines is 1. The van der Waals surface area contributed by atoms with Gasteiger partial charge in [-0.2, -0.15) is 8.42 Å². The summed E-state index contributed by atoms with van der Waals surface area (Å²) in [4.78, 5) is 12.5. The van der Waals surface area contributed by atoms with Crippen molar-refractivity contribution in [2.24, 2.45) is 10.3 Å². The molecule has 9 heteroatoms. The number of hydrogen-bond donors (Lipinski definition) is 1. The van der Waals surface area contributed by atoms with Gasteiger partial charge >= 0.3 is 10.2 Å². The number of likely N-dealkylation sites (N-methyl/N-ethyl adjacent to an activating group) is 1. The maximum Gasteiger partial charge on any atom is 0.344 e. The summed E-state index contributed by atoms with van der Waals surface area (Å²) in [6.07, 6.45) is 5.26. The van der Waals surface area contributed by atoms with Crippen LogP contribution in [-0.2, 0) is 15.0 Å². The maximum atomic E-state index is 13.2. The van der Waals surface area contributed by atoms with Crippen molar-refractivity contribution in [1.82, 2.24) is 4.31 Å². The Morgan fingerprint density at radius 1 is 1.35 bits per heavy atom. The quantitative estimate of drug-likeness (QED) is 0.837. The average Bonchev–Trinajstić information content (AvgIpc) is 3.07. The molecule has 6 nitrogen and oxygen atoms in total. The number of halogens is 2. The fourth-order valence-corrected chi connectivity index (χ4v) is 4.12. The van der Waals surface area contributed by atoms with Crippen molar-refractivity contribution in [3.8, 4) is 0 Å². The van der Waals surface area contributed by atoms with Gasteiger partial charge in [0.25, 0.3) is 5.91 Å². The van der Waals surface area contributed by atoms with Crippen LogP contribution in [0.15, 0.2) is 34.4 Å². The molecule has 0 bridgehead atoms. The van der Waals surface area contributed by atoms with Gasteiger partial charge in [0.05, 0.1) is 10.7 Å². The lowest BCUT2D eigenvalue weighted by Gasteiger charge is -2.25. The highest BCUT2D eigenvalue weighted by Crippen LogP contribution is 2.30. The van der Waals surface area contributed by atoms with Crippen LogP contribution in [0.1, 0.15) is 33.1 Å². The molecule has 3 rings (SSSR count). The van der Waals surface area contributed by atoms with E-state index in [-0.39, 0.29) is 29.8 Å². The van der Waals surface area contributed by atoms with Gasteiger partial charge < -0.3 is 5.32 Å². The second-order valence-electron chi connectivity index (χ2n) is 6.06. The Balaban J connectivity index is 0.00000243. The Morgan fingerprint density at radius 2 is 2.00 bits per heavy atom. The predicted octanol–water partition coefficient (Wildman–Crippen LogP) is 3.76. The smallest absolute Gasteiger partial charge is 0.321 e. The molecule has 0 radical (unpaired) electrons. The summed E-state index contributed by atoms with van der Waals surface area (Å²) in [6.45, 7) is 0. The fraction of sp³-hybridized carbons (Fsp3) is 0.412. The summed E-state index contributed by atoms with van der Waals surface area (Å²) in [5, 5.41) is 2.40. The highest BCUT2D eigenvalue weighted by molar-refractivity contribution is 7.88. The zero-order valence-corrected chi connectivity index (χ0v) is 15.1. The first kappa shape index (κ1) is 20.4. The molecule has 1 saturated carbocycles. The molecule has 1 N–H and O–H groups in total. The number of rotatable bonds is 3. The van der Waals surface area contributed by atoms with Gasteiger partial charge in [0.15, 0.2) is 0 Å². The molecule has 2 aliphatic rings. The van der Waals surface area contributed by atoms with E-state index in [4.69, 9.17) is 11.6 Å². The number of carbonyl (C=O) groups excluding carboxylic acids is 1. The Morgan fingerprint density at radius 3 is 2.62 bits per heavy atom. The molecule has 0 aromatic heterocycles. The minimum Gasteiger partial charge on any atom is -0.321 e. The molecule has 1 aliphatic heterocycles. The van der Waals surface area contributed by atoms with E-state index < -0.39 is 21.9 Å². The van der Waals surface area contributed by atoms with Gasteiger partial charge in [-0.3, -0.25) is 4.79 Å². The van der Waals surface area contributed by atoms with Gasteiger partial charge in [-0.05, 0) is 37.1 Å². The Bertz CT molecular complexity index is 877. The number of amides is 1. The summed E-state index contributed by atoms with van der Waals surface area (Å²) in [5.41, 5.74) is 0.656. The number of hydrogen-bond acceptors (Lipinski definition) is 3. The van der Waals surface area contributed by atoms with E-state index in [1.807, 2.05) is 0 Å². The van der Waals surface area contributed by atoms with Crippen molar-refractivity contribution in [3.05, 3.63) is 40.8 Å². The van der Waals surface area contributed by atoms with Crippen LogP contribution in [0.25, 0.3) is 0 Å². The molecular formula is C17H21ClFN3O3S. The third kappa shape index (κ3) is 4.07. The molecule has 142 valence electrons. The van der Waals surface area contributed by atoms with Gasteiger partial charge in [-0.1, -0.05) is 31.9 Å². The van der Waals surface area contributed by atoms with Crippen LogP contribution in [0.5, 0.6) is 0 Å². The van der Waals surface area contributed by atoms with E-state index in [0.29, 0.717) is 5.71 Å². The summed E-state index contributed by atoms with van der Waals surface area (Å²) in [7, 11) is -2.67. The topological polar surface area (TPSA) is 78.8 Å². The first-order valence-corrected chi connectivity index (χ1v) is 9.62. The fourth-order valence-electron chi connectivity index (χ4n) is 2.97. The first-order valence-electron chi connectivity index (χ1n) is 7.85. The molecule has 1 amide bonds. The molecule has 0 spiro atoms. The van der Waals surface area contributed by atoms with E-state index in [2.05, 4.69) is 9.71 Å². The third-order valence-electron chi connectivity index (χ3n) is 4.37. The van der Waals surface area contributed by atoms with E-state index in [0.717, 1.165) is 36.1 Å². The minimum atomic E-state index is -3.94. The second kappa shape index (κ2) is 7.75. The van der Waals surface area contributed by atoms with Crippen LogP contribution >= 0.6 is 11.6 Å². The lowest BCUT2D eigenvalue weighted by molar-refractivity contribution is -0.113. The maximum absolute atomic E-state index is 13.2. The lowest BCUT2D eigenvalue weighted by atomic mass is 10.0. The van der Waals surface area contributed by atoms with Gasteiger partial charge in [0, 0.05) is 18.7 Å². The van der Waals surface area contributed by atoms with E-state index in [1.165, 1.54) is 25.3 Å². The summed E-state index contributed by atoms with van der Waals surface area (Å²) in [6, 6.07) is 3.74. The highest BCUT2D eigenvalue weighted by Gasteiger charge is 2.33. The Hall–Kier alpha value is -1.93. The average molecular weight is 402 g/mol. The van der Waals surface area contributed by atoms with Crippen LogP contribution in [0.3, 0.4) is 0 Å². The second-order valence-corrected chi connectivity index (χ2v) is 8.09. The molecule has 0 unspecified atom stereocenters. The molecular weight excluding hydrogens is 381 g/mol. The lowest BCUT2D eigenvalue weighted by Crippen LogP contribution is -2.36. The molecule has 0 saturated heterocycles. The van der Waals surface area contributed by atoms with Gasteiger partial charge in [-0.15, -0.1) is 4.40 Å². The number of nitrogens with one attached hydrogen (secondary N) is 1. The Kier molecular flexibility index (Phi) is 6.08. The van der Waals surface area contributed by atoms with Crippen LogP contribution < -0.4 is 5.32 Å². The summed E-state index contributed by atoms with van der Waals surface area (Å²) < 4.78 is 42.4. The highest BCUT2D eigenvalue weighted by atomic mass is 35.5.